The number of amides is 3. The van der Waals surface area contributed by atoms with Gasteiger partial charge in [-0.1, -0.05) is 6.42 Å². The minimum absolute atomic E-state index is 0.183. The summed E-state index contributed by atoms with van der Waals surface area (Å²) in [6.45, 7) is 4.23. The number of ether oxygens (including phenoxy) is 1. The number of carbonyl (C=O) groups is 3. The van der Waals surface area contributed by atoms with Crippen molar-refractivity contribution in [1.82, 2.24) is 10.2 Å². The van der Waals surface area contributed by atoms with Crippen molar-refractivity contribution < 1.29 is 23.5 Å². The number of halogens is 1. The topological polar surface area (TPSA) is 82.2 Å². The van der Waals surface area contributed by atoms with E-state index in [4.69, 9.17) is 4.74 Å². The Bertz CT molecular complexity index is 836. The Kier molecular flexibility index (Phi) is 5.78. The molecule has 1 atom stereocenters. The molecule has 2 heterocycles. The van der Waals surface area contributed by atoms with Crippen LogP contribution in [0.25, 0.3) is 0 Å². The summed E-state index contributed by atoms with van der Waals surface area (Å²) in [5.74, 6) is -0.195. The van der Waals surface area contributed by atoms with E-state index in [1.165, 1.54) is 17.9 Å². The molecule has 3 aliphatic rings. The molecule has 1 aromatic carbocycles. The van der Waals surface area contributed by atoms with Crippen molar-refractivity contribution in [2.24, 2.45) is 5.92 Å². The van der Waals surface area contributed by atoms with Crippen LogP contribution in [0.15, 0.2) is 18.2 Å². The van der Waals surface area contributed by atoms with Gasteiger partial charge in [-0.2, -0.15) is 0 Å². The second-order valence-electron chi connectivity index (χ2n) is 8.13. The van der Waals surface area contributed by atoms with Crippen LogP contribution < -0.4 is 15.1 Å². The second-order valence-corrected chi connectivity index (χ2v) is 8.13. The maximum absolute atomic E-state index is 14.9. The predicted molar refractivity (Wildman–Crippen MR) is 109 cm³/mol. The van der Waals surface area contributed by atoms with E-state index in [0.717, 1.165) is 19.3 Å². The molecule has 2 aliphatic heterocycles. The minimum atomic E-state index is -0.555. The molecule has 4 rings (SSSR count). The third-order valence-corrected chi connectivity index (χ3v) is 6.08. The van der Waals surface area contributed by atoms with Gasteiger partial charge in [-0.15, -0.1) is 0 Å². The van der Waals surface area contributed by atoms with Crippen molar-refractivity contribution in [2.45, 2.75) is 32.3 Å². The molecule has 0 bridgehead atoms. The standard InChI is InChI=1S/C21H27FN4O4/c1-14(27)23-12-17-13-26(21(29)30-17)16-5-6-19(18(22)11-16)24-7-9-25(10-8-24)20(28)15-3-2-4-15/h5-6,11,15,17H,2-4,7-10,12-13H2,1H3,(H,23,27)/t17-/m0/s1. The van der Waals surface area contributed by atoms with Gasteiger partial charge in [0.25, 0.3) is 0 Å². The molecule has 0 radical (unpaired) electrons. The van der Waals surface area contributed by atoms with E-state index in [9.17, 15) is 18.8 Å². The van der Waals surface area contributed by atoms with Crippen molar-refractivity contribution in [3.8, 4) is 0 Å². The average molecular weight is 418 g/mol. The van der Waals surface area contributed by atoms with Crippen molar-refractivity contribution in [3.05, 3.63) is 24.0 Å². The first kappa shape index (κ1) is 20.4. The maximum Gasteiger partial charge on any atom is 0.414 e. The summed E-state index contributed by atoms with van der Waals surface area (Å²) in [5, 5.41) is 2.62. The first-order valence-corrected chi connectivity index (χ1v) is 10.5. The zero-order chi connectivity index (χ0) is 21.3. The van der Waals surface area contributed by atoms with Crippen molar-refractivity contribution in [1.29, 1.82) is 0 Å². The number of nitrogens with zero attached hydrogens (tertiary/aromatic N) is 3. The SMILES string of the molecule is CC(=O)NC[C@H]1CN(c2ccc(N3CCN(C(=O)C4CCC4)CC3)c(F)c2)C(=O)O1. The van der Waals surface area contributed by atoms with Crippen LogP contribution in [-0.4, -0.2) is 68.2 Å². The summed E-state index contributed by atoms with van der Waals surface area (Å²) in [6.07, 6.45) is 2.08. The van der Waals surface area contributed by atoms with Crippen LogP contribution in [0.4, 0.5) is 20.6 Å². The average Bonchev–Trinajstić information content (AvgIpc) is 3.06. The summed E-state index contributed by atoms with van der Waals surface area (Å²) in [5.41, 5.74) is 0.891. The van der Waals surface area contributed by atoms with Gasteiger partial charge < -0.3 is 19.9 Å². The number of nitrogens with one attached hydrogen (secondary N) is 1. The zero-order valence-electron chi connectivity index (χ0n) is 17.1. The van der Waals surface area contributed by atoms with Crippen LogP contribution >= 0.6 is 0 Å². The first-order valence-electron chi connectivity index (χ1n) is 10.5. The lowest BCUT2D eigenvalue weighted by molar-refractivity contribution is -0.138. The summed E-state index contributed by atoms with van der Waals surface area (Å²) < 4.78 is 20.1. The second kappa shape index (κ2) is 8.49. The fourth-order valence-corrected chi connectivity index (χ4v) is 4.10. The van der Waals surface area contributed by atoms with Gasteiger partial charge in [0.2, 0.25) is 11.8 Å². The molecule has 1 N–H and O–H groups in total. The highest BCUT2D eigenvalue weighted by Gasteiger charge is 2.34. The number of rotatable bonds is 5. The number of benzene rings is 1. The number of anilines is 2. The van der Waals surface area contributed by atoms with Crippen molar-refractivity contribution in [3.63, 3.8) is 0 Å². The van der Waals surface area contributed by atoms with E-state index in [1.54, 1.807) is 12.1 Å². The highest BCUT2D eigenvalue weighted by Crippen LogP contribution is 2.31. The number of hydrogen-bond donors (Lipinski definition) is 1. The zero-order valence-corrected chi connectivity index (χ0v) is 17.1. The summed E-state index contributed by atoms with van der Waals surface area (Å²) in [7, 11) is 0. The van der Waals surface area contributed by atoms with E-state index < -0.39 is 18.0 Å². The van der Waals surface area contributed by atoms with E-state index >= 15 is 0 Å². The van der Waals surface area contributed by atoms with E-state index in [0.29, 0.717) is 37.6 Å². The number of cyclic esters (lactones) is 1. The molecule has 9 heteroatoms. The fraction of sp³-hybridized carbons (Fsp3) is 0.571. The smallest absolute Gasteiger partial charge is 0.414 e. The highest BCUT2D eigenvalue weighted by molar-refractivity contribution is 5.90. The van der Waals surface area contributed by atoms with Crippen molar-refractivity contribution in [2.75, 3.05) is 49.1 Å². The Morgan fingerprint density at radius 2 is 1.93 bits per heavy atom. The van der Waals surface area contributed by atoms with Gasteiger partial charge in [0.15, 0.2) is 0 Å². The molecule has 3 amide bonds. The molecular formula is C21H27FN4O4. The Morgan fingerprint density at radius 1 is 1.20 bits per heavy atom. The fourth-order valence-electron chi connectivity index (χ4n) is 4.10. The monoisotopic (exact) mass is 418 g/mol. The number of hydrogen-bond acceptors (Lipinski definition) is 5. The van der Waals surface area contributed by atoms with Crippen molar-refractivity contribution >= 4 is 29.3 Å². The predicted octanol–water partition coefficient (Wildman–Crippen LogP) is 1.74. The van der Waals surface area contributed by atoms with E-state index in [2.05, 4.69) is 5.32 Å². The van der Waals surface area contributed by atoms with Gasteiger partial charge in [-0.25, -0.2) is 9.18 Å². The Hall–Kier alpha value is -2.84. The van der Waals surface area contributed by atoms with Gasteiger partial charge in [0.1, 0.15) is 11.9 Å². The van der Waals surface area contributed by atoms with Crippen LogP contribution in [-0.2, 0) is 14.3 Å². The summed E-state index contributed by atoms with van der Waals surface area (Å²) in [6, 6.07) is 4.71. The van der Waals surface area contributed by atoms with Crippen LogP contribution in [0.1, 0.15) is 26.2 Å². The van der Waals surface area contributed by atoms with E-state index in [-0.39, 0.29) is 30.8 Å². The van der Waals surface area contributed by atoms with Crippen LogP contribution in [0, 0.1) is 11.7 Å². The molecule has 162 valence electrons. The highest BCUT2D eigenvalue weighted by atomic mass is 19.1. The molecule has 1 saturated carbocycles. The van der Waals surface area contributed by atoms with Gasteiger partial charge in [-0.05, 0) is 31.0 Å². The molecule has 1 aromatic rings. The molecule has 0 aromatic heterocycles. The third-order valence-electron chi connectivity index (χ3n) is 6.08. The summed E-state index contributed by atoms with van der Waals surface area (Å²) >= 11 is 0. The Labute approximate surface area is 174 Å². The van der Waals surface area contributed by atoms with Crippen LogP contribution in [0.5, 0.6) is 0 Å². The molecule has 0 unspecified atom stereocenters. The summed E-state index contributed by atoms with van der Waals surface area (Å²) in [4.78, 5) is 40.7. The third kappa shape index (κ3) is 4.20. The first-order chi connectivity index (χ1) is 14.4. The molecular weight excluding hydrogens is 391 g/mol. The molecule has 8 nitrogen and oxygen atoms in total. The van der Waals surface area contributed by atoms with E-state index in [1.807, 2.05) is 9.80 Å². The lowest BCUT2D eigenvalue weighted by Crippen LogP contribution is -2.51. The molecule has 30 heavy (non-hydrogen) atoms. The quantitative estimate of drug-likeness (QED) is 0.788. The molecule has 2 saturated heterocycles. The van der Waals surface area contributed by atoms with Gasteiger partial charge in [0, 0.05) is 39.0 Å². The lowest BCUT2D eigenvalue weighted by atomic mass is 9.84. The van der Waals surface area contributed by atoms with Gasteiger partial charge in [-0.3, -0.25) is 14.5 Å². The normalized spacial score (nSPS) is 22.0. The van der Waals surface area contributed by atoms with Crippen LogP contribution in [0.2, 0.25) is 0 Å². The van der Waals surface area contributed by atoms with Gasteiger partial charge in [0.05, 0.1) is 24.5 Å². The van der Waals surface area contributed by atoms with Gasteiger partial charge >= 0.3 is 6.09 Å². The largest absolute Gasteiger partial charge is 0.442 e. The molecule has 0 spiro atoms. The molecule has 1 aliphatic carbocycles. The van der Waals surface area contributed by atoms with Crippen LogP contribution in [0.3, 0.4) is 0 Å². The minimum Gasteiger partial charge on any atom is -0.442 e. The lowest BCUT2D eigenvalue weighted by Gasteiger charge is -2.39. The Balaban J connectivity index is 1.36. The maximum atomic E-state index is 14.9. The number of carbonyl (C=O) groups excluding carboxylic acids is 3. The molecule has 3 fully saturated rings. The Morgan fingerprint density at radius 3 is 2.53 bits per heavy atom. The number of piperazine rings is 1.